The van der Waals surface area contributed by atoms with Crippen LogP contribution >= 0.6 is 0 Å². The van der Waals surface area contributed by atoms with Crippen LogP contribution in [0.3, 0.4) is 0 Å². The topological polar surface area (TPSA) is 239 Å². The summed E-state index contributed by atoms with van der Waals surface area (Å²) in [5, 5.41) is 45.4. The molecule has 2 unspecified atom stereocenters. The Morgan fingerprint density at radius 2 is 1.40 bits per heavy atom. The second-order valence-electron chi connectivity index (χ2n) is 5.74. The van der Waals surface area contributed by atoms with E-state index in [0.29, 0.717) is 0 Å². The number of carbonyl (C=O) groups is 7. The summed E-state index contributed by atoms with van der Waals surface area (Å²) in [7, 11) is 0. The molecule has 0 aliphatic rings. The third kappa shape index (κ3) is 9.03. The van der Waals surface area contributed by atoms with Crippen molar-refractivity contribution in [2.24, 2.45) is 0 Å². The Labute approximate surface area is 167 Å². The largest absolute Gasteiger partial charge is 0.479 e. The van der Waals surface area contributed by atoms with E-state index in [1.165, 1.54) is 6.92 Å². The number of carbonyl (C=O) groups excluding carboxylic acids is 4. The molecule has 0 fully saturated rings. The second-order valence-corrected chi connectivity index (χ2v) is 5.74. The van der Waals surface area contributed by atoms with Gasteiger partial charge in [0, 0.05) is 6.08 Å². The molecule has 0 spiro atoms. The molecule has 0 saturated heterocycles. The monoisotopic (exact) mass is 434 g/mol. The van der Waals surface area contributed by atoms with E-state index in [9.17, 15) is 43.8 Å². The van der Waals surface area contributed by atoms with E-state index in [-0.39, 0.29) is 12.5 Å². The molecule has 0 amide bonds. The maximum atomic E-state index is 11.7. The lowest BCUT2D eigenvalue weighted by Gasteiger charge is -2.21. The van der Waals surface area contributed by atoms with Crippen LogP contribution in [0.5, 0.6) is 0 Å². The number of rotatable bonds is 11. The molecule has 0 aliphatic carbocycles. The Balaban J connectivity index is 5.11. The van der Waals surface area contributed by atoms with Crippen LogP contribution in [-0.4, -0.2) is 79.0 Å². The van der Waals surface area contributed by atoms with Gasteiger partial charge in [-0.05, 0) is 6.42 Å². The summed E-state index contributed by atoms with van der Waals surface area (Å²) < 4.78 is 8.25. The van der Waals surface area contributed by atoms with E-state index in [4.69, 9.17) is 15.3 Å². The molecular weight excluding hydrogens is 416 g/mol. The molecule has 14 heteroatoms. The predicted octanol–water partition coefficient (Wildman–Crippen LogP) is -2.02. The van der Waals surface area contributed by atoms with Crippen LogP contribution in [-0.2, 0) is 43.0 Å². The number of aliphatic hydroxyl groups excluding tert-OH is 1. The molecule has 0 heterocycles. The maximum absolute atomic E-state index is 11.7. The smallest absolute Gasteiger partial charge is 0.342 e. The van der Waals surface area contributed by atoms with Crippen molar-refractivity contribution >= 4 is 41.8 Å². The summed E-state index contributed by atoms with van der Waals surface area (Å²) in [6.07, 6.45) is -5.75. The fourth-order valence-electron chi connectivity index (χ4n) is 1.77. The van der Waals surface area contributed by atoms with Gasteiger partial charge in [-0.15, -0.1) is 0 Å². The van der Waals surface area contributed by atoms with Gasteiger partial charge in [0.1, 0.15) is 0 Å². The van der Waals surface area contributed by atoms with Crippen LogP contribution in [0, 0.1) is 0 Å². The van der Waals surface area contributed by atoms with Crippen molar-refractivity contribution in [2.45, 2.75) is 44.3 Å². The zero-order valence-electron chi connectivity index (χ0n) is 15.4. The molecule has 0 aromatic heterocycles. The zero-order chi connectivity index (χ0) is 23.6. The first-order chi connectivity index (χ1) is 13.7. The Morgan fingerprint density at radius 1 is 0.900 bits per heavy atom. The van der Waals surface area contributed by atoms with Crippen LogP contribution in [0.15, 0.2) is 11.6 Å². The highest BCUT2D eigenvalue weighted by Gasteiger charge is 2.43. The molecule has 0 rings (SSSR count). The van der Waals surface area contributed by atoms with Gasteiger partial charge in [-0.3, -0.25) is 14.4 Å². The third-order valence-electron chi connectivity index (χ3n) is 3.28. The van der Waals surface area contributed by atoms with Crippen LogP contribution in [0.4, 0.5) is 0 Å². The summed E-state index contributed by atoms with van der Waals surface area (Å²) in [6.45, 7) is 1.37. The molecule has 5 N–H and O–H groups in total. The molecule has 0 aliphatic heterocycles. The average molecular weight is 434 g/mol. The highest BCUT2D eigenvalue weighted by Crippen LogP contribution is 2.19. The minimum absolute atomic E-state index is 0.127. The molecule has 0 bridgehead atoms. The first-order valence-electron chi connectivity index (χ1n) is 8.00. The second kappa shape index (κ2) is 11.4. The molecule has 14 nitrogen and oxygen atoms in total. The Bertz CT molecular complexity index is 779. The number of hydrogen-bond donors (Lipinski definition) is 5. The van der Waals surface area contributed by atoms with Gasteiger partial charge >= 0.3 is 41.8 Å². The van der Waals surface area contributed by atoms with Gasteiger partial charge in [-0.25, -0.2) is 19.2 Å². The summed E-state index contributed by atoms with van der Waals surface area (Å²) in [5.74, 6) is -11.9. The van der Waals surface area contributed by atoms with Crippen molar-refractivity contribution in [3.05, 3.63) is 11.6 Å². The lowest BCUT2D eigenvalue weighted by Crippen LogP contribution is -2.44. The van der Waals surface area contributed by atoms with E-state index < -0.39 is 78.3 Å². The molecule has 0 saturated carbocycles. The van der Waals surface area contributed by atoms with Crippen LogP contribution in [0.25, 0.3) is 0 Å². The maximum Gasteiger partial charge on any atom is 0.342 e. The number of aliphatic hydroxyl groups is 2. The van der Waals surface area contributed by atoms with Crippen molar-refractivity contribution in [1.82, 2.24) is 0 Å². The van der Waals surface area contributed by atoms with E-state index in [1.807, 2.05) is 0 Å². The van der Waals surface area contributed by atoms with Crippen molar-refractivity contribution in [1.29, 1.82) is 0 Å². The standard InChI is InChI=1S/C16H18O14/c1-2-8(17)14(25)30-12(22)6-16(28,15(26)27)5-11(21)29-10(20)4-7(13(23)24)3-9(18)19/h3,8,17,28H,2,4-6H2,1H3,(H,18,19)(H,23,24)(H,26,27). The lowest BCUT2D eigenvalue weighted by molar-refractivity contribution is -0.178. The van der Waals surface area contributed by atoms with Gasteiger partial charge in [0.25, 0.3) is 0 Å². The van der Waals surface area contributed by atoms with Crippen molar-refractivity contribution < 1.29 is 68.6 Å². The molecule has 30 heavy (non-hydrogen) atoms. The van der Waals surface area contributed by atoms with Gasteiger partial charge in [-0.2, -0.15) is 0 Å². The first-order valence-corrected chi connectivity index (χ1v) is 8.00. The highest BCUT2D eigenvalue weighted by atomic mass is 16.6. The van der Waals surface area contributed by atoms with Gasteiger partial charge in [0.15, 0.2) is 11.7 Å². The minimum Gasteiger partial charge on any atom is -0.479 e. The fourth-order valence-corrected chi connectivity index (χ4v) is 1.77. The van der Waals surface area contributed by atoms with Gasteiger partial charge in [0.2, 0.25) is 0 Å². The molecule has 0 radical (unpaired) electrons. The summed E-state index contributed by atoms with van der Waals surface area (Å²) in [4.78, 5) is 78.6. The summed E-state index contributed by atoms with van der Waals surface area (Å²) in [5.41, 5.74) is -4.12. The number of ether oxygens (including phenoxy) is 2. The van der Waals surface area contributed by atoms with Crippen LogP contribution < -0.4 is 0 Å². The molecular formula is C16H18O14. The third-order valence-corrected chi connectivity index (χ3v) is 3.28. The van der Waals surface area contributed by atoms with Crippen molar-refractivity contribution in [3.63, 3.8) is 0 Å². The van der Waals surface area contributed by atoms with E-state index in [1.54, 1.807) is 0 Å². The minimum atomic E-state index is -3.17. The van der Waals surface area contributed by atoms with Crippen LogP contribution in [0.1, 0.15) is 32.6 Å². The number of aliphatic carboxylic acids is 3. The van der Waals surface area contributed by atoms with Crippen LogP contribution in [0.2, 0.25) is 0 Å². The van der Waals surface area contributed by atoms with E-state index in [2.05, 4.69) is 9.47 Å². The quantitative estimate of drug-likeness (QED) is 0.134. The Kier molecular flexibility index (Phi) is 9.99. The molecule has 0 aromatic rings. The summed E-state index contributed by atoms with van der Waals surface area (Å²) >= 11 is 0. The normalized spacial score (nSPS) is 14.0. The summed E-state index contributed by atoms with van der Waals surface area (Å²) in [6, 6.07) is 0. The SMILES string of the molecule is CCC(O)C(=O)OC(=O)CC(O)(CC(=O)OC(=O)CC(=CC(=O)O)C(=O)O)C(=O)O. The Morgan fingerprint density at radius 3 is 1.80 bits per heavy atom. The molecule has 166 valence electrons. The van der Waals surface area contributed by atoms with Gasteiger partial charge < -0.3 is 35.0 Å². The van der Waals surface area contributed by atoms with Crippen molar-refractivity contribution in [2.75, 3.05) is 0 Å². The number of hydrogen-bond acceptors (Lipinski definition) is 11. The number of carboxylic acid groups (broad SMARTS) is 3. The fraction of sp³-hybridized carbons (Fsp3) is 0.438. The van der Waals surface area contributed by atoms with Gasteiger partial charge in [-0.1, -0.05) is 6.92 Å². The van der Waals surface area contributed by atoms with Gasteiger partial charge in [0.05, 0.1) is 24.8 Å². The van der Waals surface area contributed by atoms with E-state index in [0.717, 1.165) is 0 Å². The molecule has 2 atom stereocenters. The lowest BCUT2D eigenvalue weighted by atomic mass is 9.96. The van der Waals surface area contributed by atoms with E-state index >= 15 is 0 Å². The molecule has 0 aromatic carbocycles. The number of esters is 4. The zero-order valence-corrected chi connectivity index (χ0v) is 15.4. The Hall–Kier alpha value is -3.65. The highest BCUT2D eigenvalue weighted by molar-refractivity contribution is 6.00. The first kappa shape index (κ1) is 26.3. The number of carboxylic acids is 3. The predicted molar refractivity (Wildman–Crippen MR) is 88.3 cm³/mol. The van der Waals surface area contributed by atoms with Crippen molar-refractivity contribution in [3.8, 4) is 0 Å². The average Bonchev–Trinajstić information content (AvgIpc) is 2.58.